The topological polar surface area (TPSA) is 29.3 Å². The van der Waals surface area contributed by atoms with Gasteiger partial charge in [0.25, 0.3) is 0 Å². The second kappa shape index (κ2) is 7.06. The molecule has 1 aromatic rings. The van der Waals surface area contributed by atoms with Crippen molar-refractivity contribution in [3.8, 4) is 0 Å². The highest BCUT2D eigenvalue weighted by Crippen LogP contribution is 2.28. The summed E-state index contributed by atoms with van der Waals surface area (Å²) in [6, 6.07) is 9.71. The van der Waals surface area contributed by atoms with Gasteiger partial charge in [0.1, 0.15) is 0 Å². The summed E-state index contributed by atoms with van der Waals surface area (Å²) in [7, 11) is 0. The summed E-state index contributed by atoms with van der Waals surface area (Å²) in [6.45, 7) is 7.73. The molecule has 19 heavy (non-hydrogen) atoms. The van der Waals surface area contributed by atoms with Crippen LogP contribution in [0.25, 0.3) is 0 Å². The zero-order chi connectivity index (χ0) is 13.7. The van der Waals surface area contributed by atoms with Gasteiger partial charge in [-0.15, -0.1) is 0 Å². The van der Waals surface area contributed by atoms with Crippen LogP contribution in [-0.4, -0.2) is 24.5 Å². The van der Waals surface area contributed by atoms with Gasteiger partial charge in [-0.25, -0.2) is 0 Å². The highest BCUT2D eigenvalue weighted by molar-refractivity contribution is 5.27. The molecular formula is C17H28N2. The molecule has 2 N–H and O–H groups in total. The van der Waals surface area contributed by atoms with Crippen molar-refractivity contribution in [2.45, 2.75) is 51.5 Å². The molecule has 2 heteroatoms. The predicted octanol–water partition coefficient (Wildman–Crippen LogP) is 3.69. The van der Waals surface area contributed by atoms with Crippen LogP contribution in [0.3, 0.4) is 0 Å². The summed E-state index contributed by atoms with van der Waals surface area (Å²) >= 11 is 0. The van der Waals surface area contributed by atoms with Crippen molar-refractivity contribution in [3.05, 3.63) is 35.4 Å². The molecule has 1 aliphatic rings. The Hall–Kier alpha value is -0.860. The lowest BCUT2D eigenvalue weighted by atomic mass is 9.95. The van der Waals surface area contributed by atoms with Gasteiger partial charge in [-0.2, -0.15) is 0 Å². The molecule has 0 bridgehead atoms. The number of nitrogens with two attached hydrogens (primary N) is 1. The lowest BCUT2D eigenvalue weighted by Gasteiger charge is -2.35. The average molecular weight is 260 g/mol. The first-order valence-electron chi connectivity index (χ1n) is 7.76. The largest absolute Gasteiger partial charge is 0.330 e. The maximum Gasteiger partial charge on any atom is 0.0360 e. The zero-order valence-electron chi connectivity index (χ0n) is 12.4. The summed E-state index contributed by atoms with van der Waals surface area (Å²) in [4.78, 5) is 2.63. The molecule has 0 spiro atoms. The minimum absolute atomic E-state index is 0.520. The maximum atomic E-state index is 5.82. The molecular weight excluding hydrogens is 232 g/mol. The quantitative estimate of drug-likeness (QED) is 0.875. The van der Waals surface area contributed by atoms with Crippen molar-refractivity contribution in [2.75, 3.05) is 19.6 Å². The van der Waals surface area contributed by atoms with Crippen LogP contribution in [-0.2, 0) is 0 Å². The summed E-state index contributed by atoms with van der Waals surface area (Å²) in [5, 5.41) is 0. The van der Waals surface area contributed by atoms with Crippen molar-refractivity contribution in [3.63, 3.8) is 0 Å². The van der Waals surface area contributed by atoms with Gasteiger partial charge in [0.05, 0.1) is 0 Å². The van der Waals surface area contributed by atoms with Crippen molar-refractivity contribution >= 4 is 0 Å². The Bertz CT molecular complexity index is 363. The fourth-order valence-electron chi connectivity index (χ4n) is 3.05. The molecule has 0 aliphatic carbocycles. The molecule has 1 unspecified atom stereocenters. The third kappa shape index (κ3) is 3.80. The summed E-state index contributed by atoms with van der Waals surface area (Å²) in [5.41, 5.74) is 8.69. The Morgan fingerprint density at radius 3 is 2.11 bits per heavy atom. The molecule has 2 rings (SSSR count). The molecule has 106 valence electrons. The smallest absolute Gasteiger partial charge is 0.0360 e. The van der Waals surface area contributed by atoms with Gasteiger partial charge in [0.2, 0.25) is 0 Å². The van der Waals surface area contributed by atoms with Gasteiger partial charge in [-0.1, -0.05) is 44.5 Å². The Morgan fingerprint density at radius 2 is 1.58 bits per heavy atom. The van der Waals surface area contributed by atoms with E-state index in [-0.39, 0.29) is 0 Å². The first kappa shape index (κ1) is 14.5. The molecule has 1 aliphatic heterocycles. The molecule has 1 fully saturated rings. The Labute approximate surface area is 118 Å². The van der Waals surface area contributed by atoms with Crippen molar-refractivity contribution in [1.82, 2.24) is 4.90 Å². The number of benzene rings is 1. The van der Waals surface area contributed by atoms with E-state index in [0.717, 1.165) is 13.0 Å². The highest BCUT2D eigenvalue weighted by Gasteiger charge is 2.21. The molecule has 0 saturated carbocycles. The number of nitrogens with zero attached hydrogens (tertiary/aromatic N) is 1. The molecule has 1 atom stereocenters. The van der Waals surface area contributed by atoms with Crippen LogP contribution in [0.2, 0.25) is 0 Å². The standard InChI is InChI=1S/C17H28N2/c1-14(2)15-6-8-16(9-7-15)17(10-11-18)19-12-4-3-5-13-19/h6-9,14,17H,3-5,10-13,18H2,1-2H3. The van der Waals surface area contributed by atoms with Gasteiger partial charge in [-0.3, -0.25) is 4.90 Å². The summed E-state index contributed by atoms with van der Waals surface area (Å²) < 4.78 is 0. The van der Waals surface area contributed by atoms with Crippen molar-refractivity contribution in [1.29, 1.82) is 0 Å². The first-order chi connectivity index (χ1) is 9.22. The number of rotatable bonds is 5. The van der Waals surface area contributed by atoms with Gasteiger partial charge < -0.3 is 5.73 Å². The number of hydrogen-bond acceptors (Lipinski definition) is 2. The lowest BCUT2D eigenvalue weighted by Crippen LogP contribution is -2.34. The SMILES string of the molecule is CC(C)c1ccc(C(CCN)N2CCCCC2)cc1. The van der Waals surface area contributed by atoms with Crippen LogP contribution in [0.5, 0.6) is 0 Å². The van der Waals surface area contributed by atoms with Crippen LogP contribution in [0, 0.1) is 0 Å². The van der Waals surface area contributed by atoms with Gasteiger partial charge in [-0.05, 0) is 55.9 Å². The van der Waals surface area contributed by atoms with Crippen LogP contribution in [0.15, 0.2) is 24.3 Å². The summed E-state index contributed by atoms with van der Waals surface area (Å²) in [6.07, 6.45) is 5.13. The fourth-order valence-corrected chi connectivity index (χ4v) is 3.05. The molecule has 0 amide bonds. The third-order valence-corrected chi connectivity index (χ3v) is 4.26. The van der Waals surface area contributed by atoms with Gasteiger partial charge >= 0.3 is 0 Å². The summed E-state index contributed by atoms with van der Waals surface area (Å²) in [5.74, 6) is 0.608. The minimum atomic E-state index is 0.520. The predicted molar refractivity (Wildman–Crippen MR) is 82.4 cm³/mol. The number of hydrogen-bond donors (Lipinski definition) is 1. The molecule has 2 nitrogen and oxygen atoms in total. The monoisotopic (exact) mass is 260 g/mol. The van der Waals surface area contributed by atoms with Crippen LogP contribution in [0.4, 0.5) is 0 Å². The van der Waals surface area contributed by atoms with E-state index in [1.165, 1.54) is 43.5 Å². The maximum absolute atomic E-state index is 5.82. The molecule has 1 aromatic carbocycles. The second-order valence-electron chi connectivity index (χ2n) is 6.01. The van der Waals surface area contributed by atoms with Crippen LogP contribution in [0.1, 0.15) is 62.6 Å². The third-order valence-electron chi connectivity index (χ3n) is 4.26. The van der Waals surface area contributed by atoms with E-state index in [4.69, 9.17) is 5.73 Å². The molecule has 1 heterocycles. The average Bonchev–Trinajstić information content (AvgIpc) is 2.46. The fraction of sp³-hybridized carbons (Fsp3) is 0.647. The Balaban J connectivity index is 2.13. The normalized spacial score (nSPS) is 18.7. The zero-order valence-corrected chi connectivity index (χ0v) is 12.4. The van der Waals surface area contributed by atoms with Crippen molar-refractivity contribution in [2.24, 2.45) is 5.73 Å². The Kier molecular flexibility index (Phi) is 5.41. The van der Waals surface area contributed by atoms with E-state index in [1.54, 1.807) is 0 Å². The van der Waals surface area contributed by atoms with Crippen molar-refractivity contribution < 1.29 is 0 Å². The molecule has 0 radical (unpaired) electrons. The van der Waals surface area contributed by atoms with E-state index in [0.29, 0.717) is 12.0 Å². The van der Waals surface area contributed by atoms with Crippen LogP contribution < -0.4 is 5.73 Å². The van der Waals surface area contributed by atoms with E-state index in [1.807, 2.05) is 0 Å². The second-order valence-corrected chi connectivity index (χ2v) is 6.01. The molecule has 0 aromatic heterocycles. The van der Waals surface area contributed by atoms with Gasteiger partial charge in [0, 0.05) is 6.04 Å². The van der Waals surface area contributed by atoms with E-state index in [9.17, 15) is 0 Å². The highest BCUT2D eigenvalue weighted by atomic mass is 15.2. The number of piperidine rings is 1. The van der Waals surface area contributed by atoms with Crippen LogP contribution >= 0.6 is 0 Å². The Morgan fingerprint density at radius 1 is 1.00 bits per heavy atom. The van der Waals surface area contributed by atoms with E-state index >= 15 is 0 Å². The van der Waals surface area contributed by atoms with E-state index in [2.05, 4.69) is 43.0 Å². The molecule has 1 saturated heterocycles. The van der Waals surface area contributed by atoms with E-state index < -0.39 is 0 Å². The van der Waals surface area contributed by atoms with Gasteiger partial charge in [0.15, 0.2) is 0 Å². The lowest BCUT2D eigenvalue weighted by molar-refractivity contribution is 0.157. The minimum Gasteiger partial charge on any atom is -0.330 e. The first-order valence-corrected chi connectivity index (χ1v) is 7.76. The number of likely N-dealkylation sites (tertiary alicyclic amines) is 1.